The zero-order valence-corrected chi connectivity index (χ0v) is 11.1. The third-order valence-electron chi connectivity index (χ3n) is 2.70. The van der Waals surface area contributed by atoms with E-state index in [0.717, 1.165) is 11.5 Å². The zero-order valence-electron chi connectivity index (χ0n) is 11.1. The van der Waals surface area contributed by atoms with E-state index >= 15 is 0 Å². The van der Waals surface area contributed by atoms with Crippen molar-refractivity contribution in [2.75, 3.05) is 0 Å². The minimum absolute atomic E-state index is 0.189. The summed E-state index contributed by atoms with van der Waals surface area (Å²) in [5.41, 5.74) is 6.42. The number of hydrogen-bond donors (Lipinski definition) is 2. The Kier molecular flexibility index (Phi) is 3.93. The van der Waals surface area contributed by atoms with Gasteiger partial charge in [-0.25, -0.2) is 4.98 Å². The van der Waals surface area contributed by atoms with E-state index < -0.39 is 6.04 Å². The molecule has 1 amide bonds. The summed E-state index contributed by atoms with van der Waals surface area (Å²) in [7, 11) is 0. The van der Waals surface area contributed by atoms with Gasteiger partial charge in [-0.1, -0.05) is 20.8 Å². The van der Waals surface area contributed by atoms with Gasteiger partial charge in [-0.05, 0) is 19.3 Å². The fourth-order valence-electron chi connectivity index (χ4n) is 1.28. The van der Waals surface area contributed by atoms with Gasteiger partial charge in [0.15, 0.2) is 0 Å². The molecule has 0 unspecified atom stereocenters. The molecule has 0 saturated heterocycles. The minimum Gasteiger partial charge on any atom is -0.444 e. The third-order valence-corrected chi connectivity index (χ3v) is 2.70. The summed E-state index contributed by atoms with van der Waals surface area (Å²) in [6.45, 7) is 9.76. The van der Waals surface area contributed by atoms with Crippen LogP contribution in [0.4, 0.5) is 0 Å². The number of nitrogens with one attached hydrogen (secondary N) is 1. The van der Waals surface area contributed by atoms with Crippen LogP contribution < -0.4 is 11.1 Å². The fourth-order valence-corrected chi connectivity index (χ4v) is 1.28. The first-order valence-corrected chi connectivity index (χ1v) is 5.68. The smallest absolute Gasteiger partial charge is 0.237 e. The molecular weight excluding hydrogens is 218 g/mol. The van der Waals surface area contributed by atoms with E-state index in [4.69, 9.17) is 10.2 Å². The number of amides is 1. The van der Waals surface area contributed by atoms with Crippen LogP contribution in [0, 0.1) is 19.3 Å². The van der Waals surface area contributed by atoms with Crippen LogP contribution in [-0.2, 0) is 11.3 Å². The molecule has 0 spiro atoms. The number of hydrogen-bond acceptors (Lipinski definition) is 4. The van der Waals surface area contributed by atoms with Gasteiger partial charge in [-0.3, -0.25) is 4.79 Å². The molecule has 0 aromatic carbocycles. The molecule has 17 heavy (non-hydrogen) atoms. The molecular formula is C12H21N3O2. The van der Waals surface area contributed by atoms with Gasteiger partial charge in [0.2, 0.25) is 11.8 Å². The summed E-state index contributed by atoms with van der Waals surface area (Å²) >= 11 is 0. The van der Waals surface area contributed by atoms with Crippen LogP contribution in [0.25, 0.3) is 0 Å². The lowest BCUT2D eigenvalue weighted by Gasteiger charge is -2.25. The molecule has 0 aliphatic carbocycles. The summed E-state index contributed by atoms with van der Waals surface area (Å²) in [4.78, 5) is 15.9. The van der Waals surface area contributed by atoms with Crippen LogP contribution in [0.5, 0.6) is 0 Å². The highest BCUT2D eigenvalue weighted by Crippen LogP contribution is 2.17. The van der Waals surface area contributed by atoms with Crippen LogP contribution in [-0.4, -0.2) is 16.9 Å². The quantitative estimate of drug-likeness (QED) is 0.832. The molecule has 0 radical (unpaired) electrons. The molecule has 5 heteroatoms. The second kappa shape index (κ2) is 4.87. The number of oxazole rings is 1. The largest absolute Gasteiger partial charge is 0.444 e. The Morgan fingerprint density at radius 1 is 1.47 bits per heavy atom. The molecule has 0 bridgehead atoms. The van der Waals surface area contributed by atoms with Crippen LogP contribution in [0.1, 0.15) is 38.1 Å². The van der Waals surface area contributed by atoms with E-state index in [0.29, 0.717) is 5.89 Å². The molecule has 3 N–H and O–H groups in total. The monoisotopic (exact) mass is 239 g/mol. The molecule has 0 aliphatic heterocycles. The highest BCUT2D eigenvalue weighted by molar-refractivity contribution is 5.82. The van der Waals surface area contributed by atoms with Crippen molar-refractivity contribution in [1.82, 2.24) is 10.3 Å². The molecule has 1 aromatic heterocycles. The number of carbonyl (C=O) groups excluding carboxylic acids is 1. The van der Waals surface area contributed by atoms with Crippen LogP contribution in [0.2, 0.25) is 0 Å². The average molecular weight is 239 g/mol. The highest BCUT2D eigenvalue weighted by Gasteiger charge is 2.27. The molecule has 1 rings (SSSR count). The topological polar surface area (TPSA) is 81.2 Å². The maximum Gasteiger partial charge on any atom is 0.237 e. The van der Waals surface area contributed by atoms with Crippen molar-refractivity contribution in [2.24, 2.45) is 11.1 Å². The number of carbonyl (C=O) groups is 1. The third kappa shape index (κ3) is 3.56. The van der Waals surface area contributed by atoms with Crippen molar-refractivity contribution >= 4 is 5.91 Å². The Hall–Kier alpha value is -1.36. The van der Waals surface area contributed by atoms with Crippen molar-refractivity contribution in [2.45, 2.75) is 47.2 Å². The summed E-state index contributed by atoms with van der Waals surface area (Å²) in [6, 6.07) is -0.542. The molecule has 1 heterocycles. The van der Waals surface area contributed by atoms with Crippen LogP contribution in [0.3, 0.4) is 0 Å². The predicted octanol–water partition coefficient (Wildman–Crippen LogP) is 1.28. The number of nitrogens with two attached hydrogens (primary N) is 1. The van der Waals surface area contributed by atoms with Gasteiger partial charge >= 0.3 is 0 Å². The molecule has 5 nitrogen and oxygen atoms in total. The van der Waals surface area contributed by atoms with Crippen molar-refractivity contribution in [3.63, 3.8) is 0 Å². The lowest BCUT2D eigenvalue weighted by molar-refractivity contribution is -0.124. The lowest BCUT2D eigenvalue weighted by atomic mass is 9.87. The van der Waals surface area contributed by atoms with Crippen molar-refractivity contribution < 1.29 is 9.21 Å². The number of aryl methyl sites for hydroxylation is 2. The average Bonchev–Trinajstić information content (AvgIpc) is 2.52. The number of rotatable bonds is 3. The van der Waals surface area contributed by atoms with Crippen LogP contribution in [0.15, 0.2) is 4.42 Å². The van der Waals surface area contributed by atoms with Crippen molar-refractivity contribution in [3.8, 4) is 0 Å². The van der Waals surface area contributed by atoms with Gasteiger partial charge in [-0.15, -0.1) is 0 Å². The maximum atomic E-state index is 11.7. The van der Waals surface area contributed by atoms with Crippen LogP contribution >= 0.6 is 0 Å². The highest BCUT2D eigenvalue weighted by atomic mass is 16.4. The van der Waals surface area contributed by atoms with E-state index in [1.54, 1.807) is 0 Å². The maximum absolute atomic E-state index is 11.7. The number of aromatic nitrogens is 1. The first-order chi connectivity index (χ1) is 7.71. The predicted molar refractivity (Wildman–Crippen MR) is 65.3 cm³/mol. The van der Waals surface area contributed by atoms with Crippen molar-refractivity contribution in [3.05, 3.63) is 17.3 Å². The van der Waals surface area contributed by atoms with E-state index in [2.05, 4.69) is 10.3 Å². The van der Waals surface area contributed by atoms with Gasteiger partial charge in [0.25, 0.3) is 0 Å². The summed E-state index contributed by atoms with van der Waals surface area (Å²) in [5, 5.41) is 2.73. The second-order valence-corrected chi connectivity index (χ2v) is 5.31. The van der Waals surface area contributed by atoms with Gasteiger partial charge in [-0.2, -0.15) is 0 Å². The molecule has 1 aromatic rings. The zero-order chi connectivity index (χ0) is 13.2. The Morgan fingerprint density at radius 3 is 2.47 bits per heavy atom. The van der Waals surface area contributed by atoms with E-state index in [-0.39, 0.29) is 17.9 Å². The Bertz CT molecular complexity index is 385. The van der Waals surface area contributed by atoms with Gasteiger partial charge < -0.3 is 15.5 Å². The summed E-state index contributed by atoms with van der Waals surface area (Å²) in [6.07, 6.45) is 0. The summed E-state index contributed by atoms with van der Waals surface area (Å²) in [5.74, 6) is 1.09. The van der Waals surface area contributed by atoms with E-state index in [9.17, 15) is 4.79 Å². The van der Waals surface area contributed by atoms with E-state index in [1.165, 1.54) is 0 Å². The Morgan fingerprint density at radius 2 is 2.06 bits per heavy atom. The summed E-state index contributed by atoms with van der Waals surface area (Å²) < 4.78 is 5.36. The van der Waals surface area contributed by atoms with E-state index in [1.807, 2.05) is 34.6 Å². The normalized spacial score (nSPS) is 13.5. The van der Waals surface area contributed by atoms with Gasteiger partial charge in [0, 0.05) is 0 Å². The Labute approximate surface area is 102 Å². The van der Waals surface area contributed by atoms with Crippen molar-refractivity contribution in [1.29, 1.82) is 0 Å². The first-order valence-electron chi connectivity index (χ1n) is 5.68. The molecule has 1 atom stereocenters. The first kappa shape index (κ1) is 13.7. The minimum atomic E-state index is -0.542. The van der Waals surface area contributed by atoms with Gasteiger partial charge in [0.05, 0.1) is 18.3 Å². The molecule has 0 saturated carbocycles. The molecule has 0 fully saturated rings. The number of nitrogens with zero attached hydrogens (tertiary/aromatic N) is 1. The van der Waals surface area contributed by atoms with Gasteiger partial charge in [0.1, 0.15) is 5.76 Å². The standard InChI is InChI=1S/C12H21N3O2/c1-7-8(2)17-9(15-7)6-14-11(16)10(13)12(3,4)5/h10H,6,13H2,1-5H3,(H,14,16)/t10-/m1/s1. The fraction of sp³-hybridized carbons (Fsp3) is 0.667. The SMILES string of the molecule is Cc1nc(CNC(=O)[C@@H](N)C(C)(C)C)oc1C. The molecule has 0 aliphatic rings. The Balaban J connectivity index is 2.54. The lowest BCUT2D eigenvalue weighted by Crippen LogP contribution is -2.48. The molecule has 96 valence electrons. The second-order valence-electron chi connectivity index (χ2n) is 5.31.